The van der Waals surface area contributed by atoms with Crippen molar-refractivity contribution in [2.24, 2.45) is 16.8 Å². The van der Waals surface area contributed by atoms with Crippen LogP contribution >= 0.6 is 0 Å². The lowest BCUT2D eigenvalue weighted by atomic mass is 9.84. The minimum atomic E-state index is -0.261. The van der Waals surface area contributed by atoms with E-state index < -0.39 is 0 Å². The molecule has 0 radical (unpaired) electrons. The van der Waals surface area contributed by atoms with Gasteiger partial charge in [0.05, 0.1) is 5.69 Å². The van der Waals surface area contributed by atoms with Crippen LogP contribution in [0.3, 0.4) is 0 Å². The Balaban J connectivity index is 0.00000138. The van der Waals surface area contributed by atoms with Gasteiger partial charge in [-0.3, -0.25) is 15.0 Å². The molecule has 0 amide bonds. The molecule has 0 bridgehead atoms. The number of hydrogen-bond donors (Lipinski definition) is 4. The summed E-state index contributed by atoms with van der Waals surface area (Å²) in [6.45, 7) is 21.0. The summed E-state index contributed by atoms with van der Waals surface area (Å²) in [5.74, 6) is 2.28. The van der Waals surface area contributed by atoms with E-state index in [2.05, 4.69) is 48.6 Å². The number of nitrogens with one attached hydrogen (secondary N) is 3. The summed E-state index contributed by atoms with van der Waals surface area (Å²) >= 11 is 0. The minimum absolute atomic E-state index is 0.261. The molecule has 0 saturated heterocycles. The average molecular weight is 655 g/mol. The first-order chi connectivity index (χ1) is 22.6. The molecule has 1 aromatic heterocycles. The summed E-state index contributed by atoms with van der Waals surface area (Å²) in [6.07, 6.45) is 14.8. The van der Waals surface area contributed by atoms with E-state index in [1.807, 2.05) is 59.0 Å². The first-order valence-corrected chi connectivity index (χ1v) is 18.0. The van der Waals surface area contributed by atoms with Gasteiger partial charge in [-0.15, -0.1) is 0 Å². The molecule has 1 aliphatic carbocycles. The zero-order valence-electron chi connectivity index (χ0n) is 31.2. The highest BCUT2D eigenvalue weighted by Crippen LogP contribution is 2.31. The third kappa shape index (κ3) is 19.2. The lowest BCUT2D eigenvalue weighted by molar-refractivity contribution is -0.117. The van der Waals surface area contributed by atoms with Crippen LogP contribution in [0.15, 0.2) is 46.3 Å². The van der Waals surface area contributed by atoms with Crippen LogP contribution in [-0.2, 0) is 4.79 Å². The maximum atomic E-state index is 11.3. The predicted octanol–water partition coefficient (Wildman–Crippen LogP) is 10.3. The molecular formula is C38H66N6O3. The Labute approximate surface area is 285 Å². The fourth-order valence-electron chi connectivity index (χ4n) is 4.68. The second-order valence-electron chi connectivity index (χ2n) is 12.1. The number of ketones is 1. The highest BCUT2D eigenvalue weighted by Gasteiger charge is 2.19. The van der Waals surface area contributed by atoms with Crippen molar-refractivity contribution in [3.8, 4) is 0 Å². The maximum Gasteiger partial charge on any atom is 0.264 e. The number of carbonyl (C=O) groups is 1. The van der Waals surface area contributed by atoms with Crippen LogP contribution in [0.2, 0.25) is 0 Å². The van der Waals surface area contributed by atoms with Crippen LogP contribution in [0.5, 0.6) is 0 Å². The Morgan fingerprint density at radius 2 is 1.70 bits per heavy atom. The molecule has 9 heteroatoms. The molecule has 9 nitrogen and oxygen atoms in total. The average Bonchev–Trinajstić information content (AvgIpc) is 3.07. The topological polar surface area (TPSA) is 123 Å². The summed E-state index contributed by atoms with van der Waals surface area (Å²) in [5, 5.41) is 21.2. The molecule has 1 heterocycles. The van der Waals surface area contributed by atoms with Gasteiger partial charge in [-0.1, -0.05) is 93.6 Å². The van der Waals surface area contributed by atoms with Crippen molar-refractivity contribution < 1.29 is 10.0 Å². The third-order valence-electron chi connectivity index (χ3n) is 7.62. The first kappa shape index (κ1) is 43.7. The van der Waals surface area contributed by atoms with Gasteiger partial charge in [0, 0.05) is 42.2 Å². The number of hydrazine groups is 1. The number of anilines is 3. The van der Waals surface area contributed by atoms with E-state index in [0.29, 0.717) is 24.0 Å². The first-order valence-electron chi connectivity index (χ1n) is 18.0. The van der Waals surface area contributed by atoms with Crippen molar-refractivity contribution in [2.45, 2.75) is 140 Å². The Morgan fingerprint density at radius 1 is 1.04 bits per heavy atom. The van der Waals surface area contributed by atoms with Gasteiger partial charge in [-0.25, -0.2) is 10.5 Å². The number of aromatic amines is 1. The van der Waals surface area contributed by atoms with E-state index in [-0.39, 0.29) is 11.3 Å². The summed E-state index contributed by atoms with van der Waals surface area (Å²) < 4.78 is 0. The van der Waals surface area contributed by atoms with E-state index in [0.717, 1.165) is 53.6 Å². The monoisotopic (exact) mass is 655 g/mol. The molecule has 4 N–H and O–H groups in total. The van der Waals surface area contributed by atoms with Crippen molar-refractivity contribution in [2.75, 3.05) is 17.0 Å². The SMILES string of the molecule is CC.CCC(C)C.CCCC(C)=O.CCCCC(=N/C=C(\C)c1ccc(Nc2ccc(=O)[nH]n2)cc1N(O)NCC)C1CCCCC1. The molecule has 0 unspecified atom stereocenters. The van der Waals surface area contributed by atoms with Gasteiger partial charge < -0.3 is 10.1 Å². The number of benzene rings is 1. The second-order valence-corrected chi connectivity index (χ2v) is 12.1. The Hall–Kier alpha value is -3.30. The van der Waals surface area contributed by atoms with Gasteiger partial charge in [0.1, 0.15) is 5.78 Å². The van der Waals surface area contributed by atoms with Crippen molar-refractivity contribution in [3.63, 3.8) is 0 Å². The quantitative estimate of drug-likeness (QED) is 0.118. The fourth-order valence-corrected chi connectivity index (χ4v) is 4.68. The standard InChI is InChI=1S/C26H38N6O2.C5H10O.C5H12.C2H6/c1-4-6-12-23(20-10-8-7-9-11-20)27-18-19(3)22-14-13-21(17-24(22)32(34)28-5-2)29-25-15-16-26(33)31-30-25;1-3-4-5(2)6;1-4-5(2)3;1-2/h13-18,20,28,34H,4-12H2,1-3H3,(H,29,30)(H,31,33);3-4H2,1-2H3;5H,4H2,1-3H3;1-2H3/b19-18+,27-23?;;;. The van der Waals surface area contributed by atoms with E-state index in [9.17, 15) is 14.8 Å². The predicted molar refractivity (Wildman–Crippen MR) is 202 cm³/mol. The second kappa shape index (κ2) is 26.7. The van der Waals surface area contributed by atoms with Crippen LogP contribution in [0.4, 0.5) is 17.2 Å². The number of aliphatic imine (C=N–C) groups is 1. The molecule has 3 rings (SSSR count). The molecule has 1 saturated carbocycles. The summed E-state index contributed by atoms with van der Waals surface area (Å²) in [6, 6.07) is 8.74. The van der Waals surface area contributed by atoms with Gasteiger partial charge in [0.25, 0.3) is 5.56 Å². The van der Waals surface area contributed by atoms with Crippen LogP contribution in [0.1, 0.15) is 145 Å². The normalized spacial score (nSPS) is 13.4. The van der Waals surface area contributed by atoms with E-state index in [4.69, 9.17) is 4.99 Å². The number of aromatic nitrogens is 2. The lowest BCUT2D eigenvalue weighted by Gasteiger charge is -2.23. The molecule has 1 aliphatic rings. The van der Waals surface area contributed by atoms with Gasteiger partial charge in [0.2, 0.25) is 0 Å². The molecular weight excluding hydrogens is 588 g/mol. The highest BCUT2D eigenvalue weighted by molar-refractivity contribution is 5.88. The van der Waals surface area contributed by atoms with E-state index in [1.54, 1.807) is 13.0 Å². The zero-order valence-corrected chi connectivity index (χ0v) is 31.2. The van der Waals surface area contributed by atoms with E-state index in [1.165, 1.54) is 56.7 Å². The summed E-state index contributed by atoms with van der Waals surface area (Å²) in [5.41, 5.74) is 7.19. The third-order valence-corrected chi connectivity index (χ3v) is 7.62. The summed E-state index contributed by atoms with van der Waals surface area (Å²) in [4.78, 5) is 26.3. The van der Waals surface area contributed by atoms with E-state index >= 15 is 0 Å². The van der Waals surface area contributed by atoms with Gasteiger partial charge in [-0.2, -0.15) is 10.3 Å². The van der Waals surface area contributed by atoms with Crippen LogP contribution in [0, 0.1) is 11.8 Å². The number of unbranched alkanes of at least 4 members (excludes halogenated alkanes) is 1. The van der Waals surface area contributed by atoms with Gasteiger partial charge in [0.15, 0.2) is 5.82 Å². The Morgan fingerprint density at radius 3 is 2.19 bits per heavy atom. The molecule has 47 heavy (non-hydrogen) atoms. The highest BCUT2D eigenvalue weighted by atomic mass is 16.5. The van der Waals surface area contributed by atoms with Crippen molar-refractivity contribution in [3.05, 3.63) is 52.4 Å². The molecule has 1 fully saturated rings. The van der Waals surface area contributed by atoms with Crippen molar-refractivity contribution in [1.82, 2.24) is 15.6 Å². The van der Waals surface area contributed by atoms with Crippen LogP contribution in [-0.4, -0.2) is 33.4 Å². The molecule has 0 atom stereocenters. The number of hydrogen-bond acceptors (Lipinski definition) is 8. The number of rotatable bonds is 14. The number of allylic oxidation sites excluding steroid dienone is 1. The molecule has 2 aromatic rings. The number of Topliss-reactive ketones (excluding diaryl/α,β-unsaturated/α-hetero) is 1. The molecule has 1 aromatic carbocycles. The van der Waals surface area contributed by atoms with Crippen molar-refractivity contribution in [1.29, 1.82) is 0 Å². The minimum Gasteiger partial charge on any atom is -0.339 e. The van der Waals surface area contributed by atoms with Gasteiger partial charge >= 0.3 is 0 Å². The number of nitrogens with zero attached hydrogens (tertiary/aromatic N) is 3. The number of carbonyl (C=O) groups excluding carboxylic acids is 1. The lowest BCUT2D eigenvalue weighted by Crippen LogP contribution is -2.35. The van der Waals surface area contributed by atoms with Gasteiger partial charge in [-0.05, 0) is 81.6 Å². The molecule has 0 spiro atoms. The zero-order chi connectivity index (χ0) is 35.6. The fraction of sp³-hybridized carbons (Fsp3) is 0.632. The maximum absolute atomic E-state index is 11.3. The molecule has 0 aliphatic heterocycles. The smallest absolute Gasteiger partial charge is 0.264 e. The largest absolute Gasteiger partial charge is 0.339 e. The Bertz CT molecular complexity index is 1210. The summed E-state index contributed by atoms with van der Waals surface area (Å²) in [7, 11) is 0. The molecule has 266 valence electrons. The van der Waals surface area contributed by atoms with Crippen LogP contribution in [0.25, 0.3) is 5.57 Å². The number of H-pyrrole nitrogens is 1. The van der Waals surface area contributed by atoms with Crippen molar-refractivity contribution >= 4 is 34.3 Å². The van der Waals surface area contributed by atoms with Crippen LogP contribution < -0.4 is 21.5 Å². The Kier molecular flexibility index (Phi) is 24.9.